The summed E-state index contributed by atoms with van der Waals surface area (Å²) < 4.78 is 6.07. The number of anilines is 1. The number of benzene rings is 3. The van der Waals surface area contributed by atoms with E-state index in [2.05, 4.69) is 4.90 Å². The quantitative estimate of drug-likeness (QED) is 0.295. The molecule has 0 radical (unpaired) electrons. The van der Waals surface area contributed by atoms with E-state index < -0.39 is 0 Å². The monoisotopic (exact) mass is 498 g/mol. The van der Waals surface area contributed by atoms with Gasteiger partial charge in [-0.05, 0) is 43.7 Å². The van der Waals surface area contributed by atoms with Gasteiger partial charge in [0.25, 0.3) is 17.5 Å². The highest BCUT2D eigenvalue weighted by atomic mass is 16.6. The third-order valence-corrected chi connectivity index (χ3v) is 7.69. The summed E-state index contributed by atoms with van der Waals surface area (Å²) in [6, 6.07) is 19.0. The van der Waals surface area contributed by atoms with Crippen molar-refractivity contribution in [2.24, 2.45) is 0 Å². The molecule has 9 heteroatoms. The molecule has 0 spiro atoms. The molecule has 37 heavy (non-hydrogen) atoms. The van der Waals surface area contributed by atoms with Crippen LogP contribution >= 0.6 is 0 Å². The van der Waals surface area contributed by atoms with Gasteiger partial charge in [-0.1, -0.05) is 30.3 Å². The number of nitro groups is 1. The van der Waals surface area contributed by atoms with Crippen molar-refractivity contribution in [3.8, 4) is 11.5 Å². The molecule has 9 nitrogen and oxygen atoms in total. The molecule has 6 rings (SSSR count). The second-order valence-corrected chi connectivity index (χ2v) is 9.66. The van der Waals surface area contributed by atoms with Crippen LogP contribution in [0.5, 0.6) is 11.5 Å². The smallest absolute Gasteiger partial charge is 0.293 e. The summed E-state index contributed by atoms with van der Waals surface area (Å²) in [7, 11) is 0. The lowest BCUT2D eigenvalue weighted by Crippen LogP contribution is -2.57. The molecule has 3 aliphatic heterocycles. The predicted octanol–water partition coefficient (Wildman–Crippen LogP) is 4.25. The van der Waals surface area contributed by atoms with Crippen LogP contribution in [0.25, 0.3) is 0 Å². The average molecular weight is 499 g/mol. The third kappa shape index (κ3) is 3.82. The fourth-order valence-corrected chi connectivity index (χ4v) is 5.93. The SMILES string of the molecule is Cc1c(Oc2ccccc2)ccc([N+](=O)[O-])c1N1CCN2CC[C@H](N3C(=O)c4ccccc4C3=O)[C@@H]2C1. The van der Waals surface area contributed by atoms with E-state index in [1.54, 1.807) is 30.3 Å². The number of ether oxygens (including phenoxy) is 1. The highest BCUT2D eigenvalue weighted by molar-refractivity contribution is 6.21. The first-order valence-electron chi connectivity index (χ1n) is 12.4. The van der Waals surface area contributed by atoms with Crippen molar-refractivity contribution in [2.45, 2.75) is 25.4 Å². The zero-order chi connectivity index (χ0) is 25.7. The van der Waals surface area contributed by atoms with Crippen molar-refractivity contribution >= 4 is 23.2 Å². The number of carbonyl (C=O) groups is 2. The molecule has 0 unspecified atom stereocenters. The number of para-hydroxylation sites is 1. The summed E-state index contributed by atoms with van der Waals surface area (Å²) in [6.07, 6.45) is 0.683. The Morgan fingerprint density at radius 1 is 0.865 bits per heavy atom. The number of rotatable bonds is 5. The van der Waals surface area contributed by atoms with Crippen molar-refractivity contribution < 1.29 is 19.2 Å². The Balaban J connectivity index is 1.32. The Labute approximate surface area is 214 Å². The van der Waals surface area contributed by atoms with E-state index in [0.29, 0.717) is 59.9 Å². The van der Waals surface area contributed by atoms with Crippen LogP contribution in [0, 0.1) is 17.0 Å². The van der Waals surface area contributed by atoms with Crippen LogP contribution in [0.15, 0.2) is 66.7 Å². The second-order valence-electron chi connectivity index (χ2n) is 9.66. The van der Waals surface area contributed by atoms with E-state index in [0.717, 1.165) is 6.54 Å². The second kappa shape index (κ2) is 9.01. The molecule has 3 aromatic rings. The number of piperazine rings is 1. The summed E-state index contributed by atoms with van der Waals surface area (Å²) in [5, 5.41) is 12.0. The standard InChI is InChI=1S/C28H26N4O5/c1-18-25(37-19-7-3-2-4-8-19)12-11-23(32(35)36)26(18)30-16-15-29-14-13-22(24(29)17-30)31-27(33)20-9-5-6-10-21(20)28(31)34/h2-12,22,24H,13-17H2,1H3/t22-,24-/m0/s1. The Kier molecular flexibility index (Phi) is 5.64. The van der Waals surface area contributed by atoms with Crippen LogP contribution in [0.1, 0.15) is 32.7 Å². The van der Waals surface area contributed by atoms with E-state index in [1.165, 1.54) is 11.0 Å². The first kappa shape index (κ1) is 23.2. The van der Waals surface area contributed by atoms with Crippen LogP contribution in [0.4, 0.5) is 11.4 Å². The van der Waals surface area contributed by atoms with Gasteiger partial charge in [-0.2, -0.15) is 0 Å². The molecular formula is C28H26N4O5. The number of hydrogen-bond donors (Lipinski definition) is 0. The van der Waals surface area contributed by atoms with Gasteiger partial charge in [0, 0.05) is 43.9 Å². The maximum Gasteiger partial charge on any atom is 0.293 e. The number of fused-ring (bicyclic) bond motifs is 2. The molecule has 0 aliphatic carbocycles. The molecule has 2 amide bonds. The zero-order valence-corrected chi connectivity index (χ0v) is 20.4. The van der Waals surface area contributed by atoms with Gasteiger partial charge >= 0.3 is 0 Å². The van der Waals surface area contributed by atoms with Crippen molar-refractivity contribution in [1.29, 1.82) is 0 Å². The van der Waals surface area contributed by atoms with Crippen LogP contribution in [-0.2, 0) is 0 Å². The zero-order valence-electron chi connectivity index (χ0n) is 20.4. The summed E-state index contributed by atoms with van der Waals surface area (Å²) in [6.45, 7) is 4.36. The molecule has 3 aliphatic rings. The third-order valence-electron chi connectivity index (χ3n) is 7.69. The predicted molar refractivity (Wildman–Crippen MR) is 137 cm³/mol. The Hall–Kier alpha value is -4.24. The minimum absolute atomic E-state index is 0.0154. The van der Waals surface area contributed by atoms with Crippen molar-refractivity contribution in [2.75, 3.05) is 31.1 Å². The van der Waals surface area contributed by atoms with E-state index in [-0.39, 0.29) is 34.5 Å². The van der Waals surface area contributed by atoms with E-state index >= 15 is 0 Å². The molecule has 3 heterocycles. The minimum atomic E-state index is -0.364. The van der Waals surface area contributed by atoms with Crippen molar-refractivity contribution in [1.82, 2.24) is 9.80 Å². The summed E-state index contributed by atoms with van der Waals surface area (Å²) in [5.41, 5.74) is 2.10. The molecule has 2 fully saturated rings. The maximum atomic E-state index is 13.2. The number of amides is 2. The fourth-order valence-electron chi connectivity index (χ4n) is 5.93. The maximum absolute atomic E-state index is 13.2. The highest BCUT2D eigenvalue weighted by Gasteiger charge is 2.48. The molecule has 2 saturated heterocycles. The molecule has 188 valence electrons. The number of hydrogen-bond acceptors (Lipinski definition) is 7. The van der Waals surface area contributed by atoms with E-state index in [4.69, 9.17) is 4.74 Å². The molecule has 2 atom stereocenters. The van der Waals surface area contributed by atoms with Crippen molar-refractivity contribution in [3.05, 3.63) is 93.5 Å². The number of carbonyl (C=O) groups excluding carboxylic acids is 2. The first-order valence-corrected chi connectivity index (χ1v) is 12.4. The van der Waals surface area contributed by atoms with E-state index in [9.17, 15) is 19.7 Å². The minimum Gasteiger partial charge on any atom is -0.457 e. The van der Waals surface area contributed by atoms with E-state index in [1.807, 2.05) is 42.2 Å². The Bertz CT molecular complexity index is 1370. The van der Waals surface area contributed by atoms with Crippen LogP contribution in [-0.4, -0.2) is 64.8 Å². The Morgan fingerprint density at radius 2 is 1.54 bits per heavy atom. The van der Waals surface area contributed by atoms with Gasteiger partial charge in [0.2, 0.25) is 0 Å². The molecule has 3 aromatic carbocycles. The van der Waals surface area contributed by atoms with Crippen LogP contribution in [0.2, 0.25) is 0 Å². The first-order chi connectivity index (χ1) is 17.9. The lowest BCUT2D eigenvalue weighted by molar-refractivity contribution is -0.384. The summed E-state index contributed by atoms with van der Waals surface area (Å²) >= 11 is 0. The largest absolute Gasteiger partial charge is 0.457 e. The van der Waals surface area contributed by atoms with Crippen LogP contribution < -0.4 is 9.64 Å². The van der Waals surface area contributed by atoms with Gasteiger partial charge in [-0.3, -0.25) is 29.5 Å². The normalized spacial score (nSPS) is 21.2. The van der Waals surface area contributed by atoms with Crippen LogP contribution in [0.3, 0.4) is 0 Å². The topological polar surface area (TPSA) is 96.2 Å². The fraction of sp³-hybridized carbons (Fsp3) is 0.286. The van der Waals surface area contributed by atoms with Gasteiger partial charge in [-0.15, -0.1) is 0 Å². The van der Waals surface area contributed by atoms with Gasteiger partial charge in [0.1, 0.15) is 17.2 Å². The summed E-state index contributed by atoms with van der Waals surface area (Å²) in [4.78, 5) is 43.8. The number of nitro benzene ring substituents is 1. The van der Waals surface area contributed by atoms with Gasteiger partial charge < -0.3 is 9.64 Å². The highest BCUT2D eigenvalue weighted by Crippen LogP contribution is 2.41. The molecule has 0 saturated carbocycles. The van der Waals surface area contributed by atoms with Crippen molar-refractivity contribution in [3.63, 3.8) is 0 Å². The lowest BCUT2D eigenvalue weighted by Gasteiger charge is -2.42. The lowest BCUT2D eigenvalue weighted by atomic mass is 10.0. The molecular weight excluding hydrogens is 472 g/mol. The van der Waals surface area contributed by atoms with Gasteiger partial charge in [-0.25, -0.2) is 0 Å². The van der Waals surface area contributed by atoms with Gasteiger partial charge in [0.15, 0.2) is 0 Å². The molecule has 0 bridgehead atoms. The summed E-state index contributed by atoms with van der Waals surface area (Å²) in [5.74, 6) is 0.684. The Morgan fingerprint density at radius 3 is 2.22 bits per heavy atom. The number of imide groups is 1. The molecule has 0 N–H and O–H groups in total. The average Bonchev–Trinajstić information content (AvgIpc) is 3.43. The van der Waals surface area contributed by atoms with Gasteiger partial charge in [0.05, 0.1) is 22.1 Å². The number of nitrogens with zero attached hydrogens (tertiary/aromatic N) is 4. The molecule has 0 aromatic heterocycles.